The van der Waals surface area contributed by atoms with E-state index in [2.05, 4.69) is 66.0 Å². The van der Waals surface area contributed by atoms with E-state index < -0.39 is 29.7 Å². The molecule has 7 aliphatic rings. The average molecular weight is 869 g/mol. The smallest absolute Gasteiger partial charge is 0.262 e. The number of hydrogen-bond donors (Lipinski definition) is 2. The number of fused-ring (bicyclic) bond motifs is 4. The van der Waals surface area contributed by atoms with Crippen LogP contribution in [0.5, 0.6) is 5.75 Å². The number of piperidine rings is 1. The zero-order chi connectivity index (χ0) is 44.5. The van der Waals surface area contributed by atoms with Crippen LogP contribution in [0.25, 0.3) is 0 Å². The Bertz CT molecular complexity index is 2480. The van der Waals surface area contributed by atoms with Crippen LogP contribution >= 0.6 is 11.6 Å². The van der Waals surface area contributed by atoms with Crippen molar-refractivity contribution in [1.82, 2.24) is 20.4 Å². The van der Waals surface area contributed by atoms with Crippen molar-refractivity contribution in [2.75, 3.05) is 37.6 Å². The molecule has 10 rings (SSSR count). The van der Waals surface area contributed by atoms with Crippen LogP contribution in [-0.4, -0.2) is 90.2 Å². The summed E-state index contributed by atoms with van der Waals surface area (Å²) in [5, 5.41) is 15.1. The lowest BCUT2D eigenvalue weighted by Crippen LogP contribution is -2.74. The monoisotopic (exact) mass is 868 g/mol. The molecule has 2 saturated heterocycles. The maximum atomic E-state index is 13.5. The Morgan fingerprint density at radius 3 is 2.16 bits per heavy atom. The number of imide groups is 2. The van der Waals surface area contributed by atoms with Crippen molar-refractivity contribution in [2.45, 2.75) is 97.2 Å². The van der Waals surface area contributed by atoms with Gasteiger partial charge < -0.3 is 15.0 Å². The maximum Gasteiger partial charge on any atom is 0.262 e. The fraction of sp³-hybridized carbons (Fsp3) is 0.480. The molecule has 63 heavy (non-hydrogen) atoms. The SMILES string of the molecule is CC1(C)C(NC(=O)c2ccc(C#CC34CCC(CN5CCN(c6ccc7c(c6)C(=O)N(C6CCC(=O)NC6=O)C7=O)CC5)(CC3)CC4)cc2)C(C)(C)C1Oc1ccc(C#N)c(Cl)c1. The van der Waals surface area contributed by atoms with Gasteiger partial charge in [-0.15, -0.1) is 0 Å². The zero-order valence-electron chi connectivity index (χ0n) is 36.3. The Morgan fingerprint density at radius 1 is 0.857 bits per heavy atom. The third-order valence-corrected chi connectivity index (χ3v) is 15.5. The molecule has 4 saturated carbocycles. The van der Waals surface area contributed by atoms with E-state index in [4.69, 9.17) is 16.3 Å². The van der Waals surface area contributed by atoms with E-state index >= 15 is 0 Å². The Kier molecular flexibility index (Phi) is 10.7. The van der Waals surface area contributed by atoms with E-state index in [0.29, 0.717) is 38.4 Å². The molecule has 3 aliphatic heterocycles. The van der Waals surface area contributed by atoms with E-state index in [1.807, 2.05) is 30.3 Å². The molecule has 3 aromatic carbocycles. The van der Waals surface area contributed by atoms with Gasteiger partial charge in [0.1, 0.15) is 24.0 Å². The number of piperazine rings is 1. The molecule has 1 unspecified atom stereocenters. The van der Waals surface area contributed by atoms with Crippen molar-refractivity contribution >= 4 is 46.8 Å². The summed E-state index contributed by atoms with van der Waals surface area (Å²) in [4.78, 5) is 70.1. The predicted octanol–water partition coefficient (Wildman–Crippen LogP) is 6.74. The highest BCUT2D eigenvalue weighted by molar-refractivity contribution is 6.31. The first-order valence-corrected chi connectivity index (χ1v) is 22.5. The second kappa shape index (κ2) is 15.8. The number of benzene rings is 3. The number of ether oxygens (including phenoxy) is 1. The van der Waals surface area contributed by atoms with Crippen molar-refractivity contribution in [3.8, 4) is 23.7 Å². The Hall–Kier alpha value is -5.69. The fourth-order valence-electron chi connectivity index (χ4n) is 11.7. The second-order valence-corrected chi connectivity index (χ2v) is 20.3. The summed E-state index contributed by atoms with van der Waals surface area (Å²) in [6.07, 6.45) is 6.79. The van der Waals surface area contributed by atoms with Crippen LogP contribution in [0.3, 0.4) is 0 Å². The van der Waals surface area contributed by atoms with Crippen molar-refractivity contribution in [2.24, 2.45) is 21.7 Å². The normalized spacial score (nSPS) is 28.3. The minimum atomic E-state index is -0.974. The Balaban J connectivity index is 0.751. The number of rotatable bonds is 8. The van der Waals surface area contributed by atoms with Gasteiger partial charge in [0, 0.05) is 84.3 Å². The molecule has 5 amide bonds. The predicted molar refractivity (Wildman–Crippen MR) is 237 cm³/mol. The second-order valence-electron chi connectivity index (χ2n) is 19.8. The average Bonchev–Trinajstić information content (AvgIpc) is 3.52. The van der Waals surface area contributed by atoms with Gasteiger partial charge in [0.2, 0.25) is 11.8 Å². The summed E-state index contributed by atoms with van der Waals surface area (Å²) in [6, 6.07) is 19.0. The molecular weight excluding hydrogens is 816 g/mol. The van der Waals surface area contributed by atoms with Gasteiger partial charge in [0.05, 0.1) is 21.7 Å². The molecule has 3 aromatic rings. The standard InChI is InChI=1S/C50H53ClN6O6/c1-47(2)45(48(3,4)46(47)63-35-11-9-33(29-52)38(51)28-35)54-41(59)32-7-5-31(6-8-32)15-16-49-17-20-50(21-18-49,22-19-49)30-55-23-25-56(26-24-55)34-10-12-36-37(27-34)44(62)57(43(36)61)39-13-14-40(58)53-42(39)60/h5-12,27-28,39,45-46H,13-14,17-26,30H2,1-4H3,(H,54,59)(H,53,58,60). The number of halogens is 1. The molecule has 2 bridgehead atoms. The topological polar surface area (TPSA) is 152 Å². The molecule has 326 valence electrons. The molecule has 1 atom stereocenters. The molecule has 0 spiro atoms. The summed E-state index contributed by atoms with van der Waals surface area (Å²) in [6.45, 7) is 12.9. The van der Waals surface area contributed by atoms with Gasteiger partial charge in [-0.2, -0.15) is 5.26 Å². The number of anilines is 1. The van der Waals surface area contributed by atoms with Crippen LogP contribution in [0.1, 0.15) is 121 Å². The molecular formula is C50H53ClN6O6. The summed E-state index contributed by atoms with van der Waals surface area (Å²) in [5.41, 5.74) is 3.01. The summed E-state index contributed by atoms with van der Waals surface area (Å²) < 4.78 is 6.39. The minimum Gasteiger partial charge on any atom is -0.489 e. The quantitative estimate of drug-likeness (QED) is 0.185. The van der Waals surface area contributed by atoms with Crippen molar-refractivity contribution < 1.29 is 28.7 Å². The van der Waals surface area contributed by atoms with Crippen molar-refractivity contribution in [3.05, 3.63) is 93.5 Å². The van der Waals surface area contributed by atoms with Crippen molar-refractivity contribution in [3.63, 3.8) is 0 Å². The first-order chi connectivity index (χ1) is 30.0. The zero-order valence-corrected chi connectivity index (χ0v) is 37.1. The number of nitriles is 1. The lowest BCUT2D eigenvalue weighted by atomic mass is 9.49. The first kappa shape index (κ1) is 42.6. The van der Waals surface area contributed by atoms with Crippen LogP contribution in [0.15, 0.2) is 60.7 Å². The molecule has 13 heteroatoms. The van der Waals surface area contributed by atoms with Crippen LogP contribution in [0.2, 0.25) is 5.02 Å². The first-order valence-electron chi connectivity index (χ1n) is 22.1. The van der Waals surface area contributed by atoms with Gasteiger partial charge in [0.15, 0.2) is 0 Å². The molecule has 12 nitrogen and oxygen atoms in total. The van der Waals surface area contributed by atoms with Crippen LogP contribution in [0, 0.1) is 44.8 Å². The third kappa shape index (κ3) is 7.65. The molecule has 2 N–H and O–H groups in total. The fourth-order valence-corrected chi connectivity index (χ4v) is 11.9. The molecule has 0 aromatic heterocycles. The number of nitrogens with one attached hydrogen (secondary N) is 2. The number of amides is 5. The number of carbonyl (C=O) groups excluding carboxylic acids is 5. The highest BCUT2D eigenvalue weighted by Crippen LogP contribution is 2.57. The van der Waals surface area contributed by atoms with Crippen LogP contribution in [-0.2, 0) is 9.59 Å². The van der Waals surface area contributed by atoms with E-state index in [9.17, 15) is 29.2 Å². The largest absolute Gasteiger partial charge is 0.489 e. The van der Waals surface area contributed by atoms with E-state index in [0.717, 1.165) is 87.4 Å². The lowest BCUT2D eigenvalue weighted by Gasteiger charge is -2.63. The van der Waals surface area contributed by atoms with E-state index in [1.165, 1.54) is 0 Å². The Morgan fingerprint density at radius 2 is 1.52 bits per heavy atom. The molecule has 0 radical (unpaired) electrons. The van der Waals surface area contributed by atoms with Gasteiger partial charge in [-0.25, -0.2) is 0 Å². The Labute approximate surface area is 373 Å². The number of hydrogen-bond acceptors (Lipinski definition) is 9. The van der Waals surface area contributed by atoms with Gasteiger partial charge in [0.25, 0.3) is 17.7 Å². The van der Waals surface area contributed by atoms with E-state index in [-0.39, 0.29) is 47.1 Å². The van der Waals surface area contributed by atoms with Crippen LogP contribution in [0.4, 0.5) is 5.69 Å². The van der Waals surface area contributed by atoms with Crippen LogP contribution < -0.4 is 20.3 Å². The number of carbonyl (C=O) groups is 5. The molecule has 6 fully saturated rings. The summed E-state index contributed by atoms with van der Waals surface area (Å²) in [7, 11) is 0. The molecule has 4 aliphatic carbocycles. The van der Waals surface area contributed by atoms with Gasteiger partial charge in [-0.3, -0.25) is 39.1 Å². The summed E-state index contributed by atoms with van der Waals surface area (Å²) >= 11 is 6.26. The maximum absolute atomic E-state index is 13.5. The van der Waals surface area contributed by atoms with E-state index in [1.54, 1.807) is 30.3 Å². The number of nitrogens with zero attached hydrogens (tertiary/aromatic N) is 4. The molecule has 3 heterocycles. The highest BCUT2D eigenvalue weighted by atomic mass is 35.5. The van der Waals surface area contributed by atoms with Crippen molar-refractivity contribution in [1.29, 1.82) is 5.26 Å². The van der Waals surface area contributed by atoms with Gasteiger partial charge in [-0.05, 0) is 105 Å². The lowest BCUT2D eigenvalue weighted by molar-refractivity contribution is -0.164. The third-order valence-electron chi connectivity index (χ3n) is 15.2. The minimum absolute atomic E-state index is 0.0275. The summed E-state index contributed by atoms with van der Waals surface area (Å²) in [5.74, 6) is 5.67. The van der Waals surface area contributed by atoms with Gasteiger partial charge >= 0.3 is 0 Å². The van der Waals surface area contributed by atoms with Gasteiger partial charge in [-0.1, -0.05) is 51.1 Å². The highest BCUT2D eigenvalue weighted by Gasteiger charge is 2.64.